The molecule has 0 aliphatic rings. The monoisotopic (exact) mass is 426 g/mol. The van der Waals surface area contributed by atoms with Crippen LogP contribution in [0.15, 0.2) is 96.2 Å². The Kier molecular flexibility index (Phi) is 8.63. The molecule has 0 aliphatic heterocycles. The van der Waals surface area contributed by atoms with Crippen LogP contribution >= 0.6 is 0 Å². The number of unbranched alkanes of at least 4 members (excludes halogenated alkanes) is 2. The number of hydrogen-bond donors (Lipinski definition) is 0. The van der Waals surface area contributed by atoms with E-state index < -0.39 is 8.32 Å². The van der Waals surface area contributed by atoms with Gasteiger partial charge < -0.3 is 4.53 Å². The van der Waals surface area contributed by atoms with Gasteiger partial charge in [-0.15, -0.1) is 5.16 Å². The molecule has 1 atom stereocenters. The topological polar surface area (TPSA) is 45.4 Å². The first-order valence-electron chi connectivity index (χ1n) is 11.1. The van der Waals surface area contributed by atoms with Crippen LogP contribution in [0.25, 0.3) is 0 Å². The summed E-state index contributed by atoms with van der Waals surface area (Å²) in [5.41, 5.74) is 0. The van der Waals surface area contributed by atoms with Crippen LogP contribution < -0.4 is 15.6 Å². The minimum atomic E-state index is -2.76. The lowest BCUT2D eigenvalue weighted by Gasteiger charge is -2.30. The van der Waals surface area contributed by atoms with Gasteiger partial charge in [0.05, 0.1) is 6.07 Å². The van der Waals surface area contributed by atoms with Crippen LogP contribution in [-0.4, -0.2) is 14.5 Å². The minimum absolute atomic E-state index is 0.169. The molecule has 0 aromatic heterocycles. The van der Waals surface area contributed by atoms with Gasteiger partial charge in [-0.2, -0.15) is 5.26 Å². The molecule has 158 valence electrons. The van der Waals surface area contributed by atoms with E-state index in [4.69, 9.17) is 9.79 Å². The molecular formula is C27H30N2OSi. The van der Waals surface area contributed by atoms with Crippen LogP contribution in [0.1, 0.15) is 39.0 Å². The molecule has 0 radical (unpaired) electrons. The summed E-state index contributed by atoms with van der Waals surface area (Å²) in [4.78, 5) is 0. The lowest BCUT2D eigenvalue weighted by atomic mass is 10.0. The first-order chi connectivity index (χ1) is 15.3. The van der Waals surface area contributed by atoms with Crippen LogP contribution in [0.4, 0.5) is 0 Å². The molecule has 0 bridgehead atoms. The van der Waals surface area contributed by atoms with Gasteiger partial charge in [0.15, 0.2) is 0 Å². The molecule has 3 rings (SSSR count). The number of nitriles is 1. The quantitative estimate of drug-likeness (QED) is 0.146. The zero-order valence-corrected chi connectivity index (χ0v) is 19.2. The molecule has 0 saturated carbocycles. The number of nitrogens with zero attached hydrogens (tertiary/aromatic N) is 2. The third kappa shape index (κ3) is 5.71. The summed E-state index contributed by atoms with van der Waals surface area (Å²) in [6.07, 6.45) is 6.68. The van der Waals surface area contributed by atoms with Crippen molar-refractivity contribution in [1.82, 2.24) is 0 Å². The Morgan fingerprint density at radius 1 is 0.839 bits per heavy atom. The standard InChI is InChI=1S/C27H30N2OSi/c1-2-24(23-28)15-7-6-14-22-29-30-31(25-16-8-3-9-17-25,26-18-10-4-11-19-26)27-20-12-5-13-21-27/h3-5,8-13,16-22,24H,2,6-7,14-15H2,1H3. The highest BCUT2D eigenvalue weighted by atomic mass is 28.4. The van der Waals surface area contributed by atoms with Crippen LogP contribution in [0.5, 0.6) is 0 Å². The smallest absolute Gasteiger partial charge is 0.380 e. The normalized spacial score (nSPS) is 12.4. The van der Waals surface area contributed by atoms with Gasteiger partial charge in [0.2, 0.25) is 0 Å². The highest BCUT2D eigenvalue weighted by molar-refractivity contribution is 7.07. The predicted octanol–water partition coefficient (Wildman–Crippen LogP) is 4.77. The number of hydrogen-bond acceptors (Lipinski definition) is 3. The lowest BCUT2D eigenvalue weighted by Crippen LogP contribution is -2.68. The summed E-state index contributed by atoms with van der Waals surface area (Å²) in [6, 6.07) is 33.8. The van der Waals surface area contributed by atoms with Gasteiger partial charge in [-0.05, 0) is 41.2 Å². The maximum Gasteiger partial charge on any atom is 0.380 e. The van der Waals surface area contributed by atoms with Gasteiger partial charge in [0, 0.05) is 12.1 Å². The van der Waals surface area contributed by atoms with Crippen molar-refractivity contribution < 1.29 is 4.53 Å². The highest BCUT2D eigenvalue weighted by Crippen LogP contribution is 2.13. The number of rotatable bonds is 11. The second-order valence-corrected chi connectivity index (χ2v) is 11.0. The van der Waals surface area contributed by atoms with Gasteiger partial charge in [-0.1, -0.05) is 104 Å². The minimum Gasteiger partial charge on any atom is -0.438 e. The van der Waals surface area contributed by atoms with Gasteiger partial charge in [0.25, 0.3) is 0 Å². The summed E-state index contributed by atoms with van der Waals surface area (Å²) in [5, 5.41) is 17.1. The summed E-state index contributed by atoms with van der Waals surface area (Å²) in [5.74, 6) is 0.169. The maximum absolute atomic E-state index is 9.09. The van der Waals surface area contributed by atoms with Crippen LogP contribution in [0.3, 0.4) is 0 Å². The van der Waals surface area contributed by atoms with E-state index in [2.05, 4.69) is 90.9 Å². The molecule has 1 unspecified atom stereocenters. The number of oxime groups is 1. The molecule has 4 heteroatoms. The molecule has 3 aromatic rings. The molecule has 0 aliphatic carbocycles. The summed E-state index contributed by atoms with van der Waals surface area (Å²) in [6.45, 7) is 2.07. The second kappa shape index (κ2) is 11.9. The van der Waals surface area contributed by atoms with Crippen molar-refractivity contribution in [1.29, 1.82) is 5.26 Å². The van der Waals surface area contributed by atoms with Crippen molar-refractivity contribution in [3.8, 4) is 6.07 Å². The molecule has 0 saturated heterocycles. The van der Waals surface area contributed by atoms with E-state index in [1.165, 1.54) is 15.6 Å². The van der Waals surface area contributed by atoms with Gasteiger partial charge in [-0.25, -0.2) is 0 Å². The Bertz CT molecular complexity index is 872. The predicted molar refractivity (Wildman–Crippen MR) is 131 cm³/mol. The zero-order chi connectivity index (χ0) is 21.8. The van der Waals surface area contributed by atoms with E-state index in [0.717, 1.165) is 32.1 Å². The van der Waals surface area contributed by atoms with Crippen molar-refractivity contribution in [2.75, 3.05) is 0 Å². The van der Waals surface area contributed by atoms with Crippen molar-refractivity contribution in [3.05, 3.63) is 91.0 Å². The molecule has 31 heavy (non-hydrogen) atoms. The van der Waals surface area contributed by atoms with Crippen LogP contribution in [-0.2, 0) is 4.53 Å². The van der Waals surface area contributed by atoms with E-state index >= 15 is 0 Å². The van der Waals surface area contributed by atoms with Gasteiger partial charge >= 0.3 is 8.32 Å². The molecule has 0 amide bonds. The average molecular weight is 427 g/mol. The molecule has 0 spiro atoms. The average Bonchev–Trinajstić information content (AvgIpc) is 2.85. The zero-order valence-electron chi connectivity index (χ0n) is 18.2. The van der Waals surface area contributed by atoms with Gasteiger partial charge in [-0.3, -0.25) is 0 Å². The van der Waals surface area contributed by atoms with Crippen molar-refractivity contribution in [2.24, 2.45) is 11.1 Å². The summed E-state index contributed by atoms with van der Waals surface area (Å²) >= 11 is 0. The van der Waals surface area contributed by atoms with E-state index in [1.54, 1.807) is 0 Å². The Morgan fingerprint density at radius 3 is 1.74 bits per heavy atom. The number of benzene rings is 3. The van der Waals surface area contributed by atoms with E-state index in [0.29, 0.717) is 0 Å². The van der Waals surface area contributed by atoms with Gasteiger partial charge in [0.1, 0.15) is 0 Å². The SMILES string of the molecule is CCC(C#N)CCCCC=NO[Si](c1ccccc1)(c1ccccc1)c1ccccc1. The fourth-order valence-electron chi connectivity index (χ4n) is 3.83. The molecule has 3 aromatic carbocycles. The Balaban J connectivity index is 1.84. The molecule has 0 fully saturated rings. The maximum atomic E-state index is 9.09. The summed E-state index contributed by atoms with van der Waals surface area (Å²) in [7, 11) is -2.76. The van der Waals surface area contributed by atoms with Crippen molar-refractivity contribution in [3.63, 3.8) is 0 Å². The fraction of sp³-hybridized carbons (Fsp3) is 0.259. The fourth-order valence-corrected chi connectivity index (χ4v) is 7.37. The molecular weight excluding hydrogens is 396 g/mol. The first kappa shape index (κ1) is 22.5. The van der Waals surface area contributed by atoms with Crippen molar-refractivity contribution in [2.45, 2.75) is 39.0 Å². The molecule has 0 heterocycles. The van der Waals surface area contributed by atoms with E-state index in [1.807, 2.05) is 24.4 Å². The third-order valence-corrected chi connectivity index (χ3v) is 9.43. The van der Waals surface area contributed by atoms with Crippen LogP contribution in [0, 0.1) is 17.2 Å². The second-order valence-electron chi connectivity index (χ2n) is 7.68. The largest absolute Gasteiger partial charge is 0.438 e. The lowest BCUT2D eigenvalue weighted by molar-refractivity contribution is 0.350. The van der Waals surface area contributed by atoms with Crippen LogP contribution in [0.2, 0.25) is 0 Å². The summed E-state index contributed by atoms with van der Waals surface area (Å²) < 4.78 is 6.51. The molecule has 0 N–H and O–H groups in total. The highest BCUT2D eigenvalue weighted by Gasteiger charge is 2.44. The Labute approximate surface area is 187 Å². The van der Waals surface area contributed by atoms with E-state index in [-0.39, 0.29) is 5.92 Å². The Hall–Kier alpha value is -3.16. The Morgan fingerprint density at radius 2 is 1.32 bits per heavy atom. The van der Waals surface area contributed by atoms with E-state index in [9.17, 15) is 0 Å². The third-order valence-electron chi connectivity index (χ3n) is 5.62. The van der Waals surface area contributed by atoms with Crippen molar-refractivity contribution >= 4 is 30.1 Å². The molecule has 3 nitrogen and oxygen atoms in total. The first-order valence-corrected chi connectivity index (χ1v) is 13.0.